The predicted octanol–water partition coefficient (Wildman–Crippen LogP) is 3.46. The molecule has 134 valence electrons. The molecule has 1 aliphatic rings. The Balaban J connectivity index is 1.63. The summed E-state index contributed by atoms with van der Waals surface area (Å²) in [5.41, 5.74) is 6.56. The molecule has 1 N–H and O–H groups in total. The number of amides is 1. The van der Waals surface area contributed by atoms with Gasteiger partial charge < -0.3 is 5.32 Å². The Morgan fingerprint density at radius 1 is 1.27 bits per heavy atom. The maximum absolute atomic E-state index is 12.6. The van der Waals surface area contributed by atoms with Crippen LogP contribution in [0.4, 0.5) is 0 Å². The Morgan fingerprint density at radius 2 is 2.12 bits per heavy atom. The zero-order valence-corrected chi connectivity index (χ0v) is 15.9. The summed E-state index contributed by atoms with van der Waals surface area (Å²) in [5, 5.41) is 11.7. The molecule has 2 aromatic heterocycles. The molecule has 0 bridgehead atoms. The first-order valence-electron chi connectivity index (χ1n) is 8.79. The molecule has 1 unspecified atom stereocenters. The zero-order valence-electron chi connectivity index (χ0n) is 15.1. The molecule has 1 atom stereocenters. The second-order valence-corrected chi connectivity index (χ2v) is 7.59. The maximum atomic E-state index is 12.6. The van der Waals surface area contributed by atoms with Crippen LogP contribution in [-0.4, -0.2) is 25.3 Å². The highest BCUT2D eigenvalue weighted by Gasteiger charge is 2.27. The van der Waals surface area contributed by atoms with Crippen LogP contribution in [0.25, 0.3) is 5.69 Å². The molecule has 1 aromatic carbocycles. The first-order valence-corrected chi connectivity index (χ1v) is 9.56. The van der Waals surface area contributed by atoms with Crippen LogP contribution in [0.2, 0.25) is 0 Å². The molecule has 0 saturated carbocycles. The summed E-state index contributed by atoms with van der Waals surface area (Å²) in [6.07, 6.45) is 4.80. The van der Waals surface area contributed by atoms with Crippen LogP contribution >= 0.6 is 11.5 Å². The van der Waals surface area contributed by atoms with Crippen molar-refractivity contribution in [3.8, 4) is 5.69 Å². The van der Waals surface area contributed by atoms with Crippen molar-refractivity contribution in [2.24, 2.45) is 0 Å². The van der Waals surface area contributed by atoms with Gasteiger partial charge in [0.25, 0.3) is 5.91 Å². The van der Waals surface area contributed by atoms with Gasteiger partial charge in [-0.05, 0) is 74.8 Å². The van der Waals surface area contributed by atoms with Crippen molar-refractivity contribution in [3.05, 3.63) is 57.4 Å². The molecule has 0 aliphatic heterocycles. The maximum Gasteiger partial charge on any atom is 0.265 e. The van der Waals surface area contributed by atoms with Crippen molar-refractivity contribution in [2.45, 2.75) is 46.1 Å². The van der Waals surface area contributed by atoms with Crippen LogP contribution in [-0.2, 0) is 6.42 Å². The van der Waals surface area contributed by atoms with E-state index < -0.39 is 0 Å². The lowest BCUT2D eigenvalue weighted by atomic mass is 9.92. The van der Waals surface area contributed by atoms with Gasteiger partial charge in [-0.25, -0.2) is 4.68 Å². The smallest absolute Gasteiger partial charge is 0.265 e. The van der Waals surface area contributed by atoms with E-state index in [1.807, 2.05) is 17.8 Å². The monoisotopic (exact) mass is 367 g/mol. The van der Waals surface area contributed by atoms with Gasteiger partial charge in [0.05, 0.1) is 23.6 Å². The van der Waals surface area contributed by atoms with Gasteiger partial charge in [-0.1, -0.05) is 10.6 Å². The second kappa shape index (κ2) is 6.64. The number of benzene rings is 1. The van der Waals surface area contributed by atoms with Gasteiger partial charge in [-0.15, -0.1) is 5.10 Å². The summed E-state index contributed by atoms with van der Waals surface area (Å²) < 4.78 is 5.87. The summed E-state index contributed by atoms with van der Waals surface area (Å²) in [7, 11) is 0. The lowest BCUT2D eigenvalue weighted by Crippen LogP contribution is -2.30. The van der Waals surface area contributed by atoms with Gasteiger partial charge >= 0.3 is 0 Å². The van der Waals surface area contributed by atoms with E-state index in [4.69, 9.17) is 0 Å². The molecule has 7 heteroatoms. The minimum absolute atomic E-state index is 0.0203. The molecular weight excluding hydrogens is 346 g/mol. The van der Waals surface area contributed by atoms with Crippen molar-refractivity contribution in [1.29, 1.82) is 0 Å². The number of hydrogen-bond donors (Lipinski definition) is 1. The Hall–Kier alpha value is -2.54. The number of aryl methyl sites for hydroxylation is 3. The van der Waals surface area contributed by atoms with Crippen LogP contribution in [0.1, 0.15) is 56.6 Å². The van der Waals surface area contributed by atoms with E-state index in [9.17, 15) is 4.79 Å². The lowest BCUT2D eigenvalue weighted by molar-refractivity contribution is 0.0936. The van der Waals surface area contributed by atoms with E-state index in [1.54, 1.807) is 0 Å². The number of fused-ring (bicyclic) bond motifs is 1. The molecule has 3 aromatic rings. The summed E-state index contributed by atoms with van der Waals surface area (Å²) in [4.78, 5) is 13.1. The zero-order chi connectivity index (χ0) is 18.3. The Bertz CT molecular complexity index is 974. The van der Waals surface area contributed by atoms with Crippen LogP contribution in [0.5, 0.6) is 0 Å². The van der Waals surface area contributed by atoms with Crippen molar-refractivity contribution >= 4 is 17.4 Å². The fourth-order valence-electron chi connectivity index (χ4n) is 3.45. The lowest BCUT2D eigenvalue weighted by Gasteiger charge is -2.24. The summed E-state index contributed by atoms with van der Waals surface area (Å²) in [6.45, 7) is 6.03. The number of nitrogens with zero attached hydrogens (tertiary/aromatic N) is 4. The van der Waals surface area contributed by atoms with E-state index in [0.29, 0.717) is 10.6 Å². The summed E-state index contributed by atoms with van der Waals surface area (Å²) in [6, 6.07) is 6.37. The van der Waals surface area contributed by atoms with Crippen LogP contribution in [0.3, 0.4) is 0 Å². The quantitative estimate of drug-likeness (QED) is 0.769. The average molecular weight is 367 g/mol. The van der Waals surface area contributed by atoms with Gasteiger partial charge in [0.1, 0.15) is 4.88 Å². The SMILES string of the molecule is Cc1ccc(-n2ncc3c2CCCC3NC(=O)c2snnc2C)cc1C. The second-order valence-electron chi connectivity index (χ2n) is 6.83. The van der Waals surface area contributed by atoms with Gasteiger partial charge in [-0.2, -0.15) is 5.10 Å². The molecule has 2 heterocycles. The van der Waals surface area contributed by atoms with Gasteiger partial charge in [0, 0.05) is 11.3 Å². The van der Waals surface area contributed by atoms with E-state index in [-0.39, 0.29) is 11.9 Å². The van der Waals surface area contributed by atoms with Crippen LogP contribution in [0.15, 0.2) is 24.4 Å². The number of hydrogen-bond acceptors (Lipinski definition) is 5. The third kappa shape index (κ3) is 2.92. The third-order valence-electron chi connectivity index (χ3n) is 5.08. The van der Waals surface area contributed by atoms with Crippen LogP contribution in [0, 0.1) is 20.8 Å². The van der Waals surface area contributed by atoms with Crippen molar-refractivity contribution in [2.75, 3.05) is 0 Å². The van der Waals surface area contributed by atoms with Gasteiger partial charge in [-0.3, -0.25) is 4.79 Å². The Morgan fingerprint density at radius 3 is 2.85 bits per heavy atom. The molecule has 0 fully saturated rings. The summed E-state index contributed by atoms with van der Waals surface area (Å²) in [5.74, 6) is -0.103. The first kappa shape index (κ1) is 16.9. The van der Waals surface area contributed by atoms with Gasteiger partial charge in [0.15, 0.2) is 0 Å². The number of carbonyl (C=O) groups excluding carboxylic acids is 1. The fraction of sp³-hybridized carbons (Fsp3) is 0.368. The molecule has 6 nitrogen and oxygen atoms in total. The normalized spacial score (nSPS) is 16.3. The standard InChI is InChI=1S/C19H21N5OS/c1-11-7-8-14(9-12(11)2)24-17-6-4-5-16(15(17)10-20-24)21-19(25)18-13(3)22-23-26-18/h7-10,16H,4-6H2,1-3H3,(H,21,25). The molecule has 1 aliphatic carbocycles. The highest BCUT2D eigenvalue weighted by molar-refractivity contribution is 7.08. The largest absolute Gasteiger partial charge is 0.344 e. The highest BCUT2D eigenvalue weighted by atomic mass is 32.1. The van der Waals surface area contributed by atoms with Crippen molar-refractivity contribution in [3.63, 3.8) is 0 Å². The minimum atomic E-state index is -0.103. The van der Waals surface area contributed by atoms with Gasteiger partial charge in [0.2, 0.25) is 0 Å². The van der Waals surface area contributed by atoms with Crippen LogP contribution < -0.4 is 5.32 Å². The molecule has 0 spiro atoms. The van der Waals surface area contributed by atoms with E-state index in [0.717, 1.165) is 42.0 Å². The molecule has 0 radical (unpaired) electrons. The molecular formula is C19H21N5OS. The predicted molar refractivity (Wildman–Crippen MR) is 101 cm³/mol. The molecule has 0 saturated heterocycles. The minimum Gasteiger partial charge on any atom is -0.344 e. The van der Waals surface area contributed by atoms with E-state index >= 15 is 0 Å². The number of carbonyl (C=O) groups is 1. The number of nitrogens with one attached hydrogen (secondary N) is 1. The number of rotatable bonds is 3. The summed E-state index contributed by atoms with van der Waals surface area (Å²) >= 11 is 1.14. The first-order chi connectivity index (χ1) is 12.5. The fourth-order valence-corrected chi connectivity index (χ4v) is 4.01. The van der Waals surface area contributed by atoms with E-state index in [2.05, 4.69) is 52.0 Å². The van der Waals surface area contributed by atoms with Crippen molar-refractivity contribution in [1.82, 2.24) is 24.7 Å². The topological polar surface area (TPSA) is 72.7 Å². The highest BCUT2D eigenvalue weighted by Crippen LogP contribution is 2.31. The molecule has 4 rings (SSSR count). The average Bonchev–Trinajstić information content (AvgIpc) is 3.24. The molecule has 26 heavy (non-hydrogen) atoms. The Kier molecular flexibility index (Phi) is 4.32. The third-order valence-corrected chi connectivity index (χ3v) is 5.91. The van der Waals surface area contributed by atoms with Crippen molar-refractivity contribution < 1.29 is 4.79 Å². The Labute approximate surface area is 156 Å². The molecule has 1 amide bonds. The van der Waals surface area contributed by atoms with E-state index in [1.165, 1.54) is 16.8 Å². The number of aromatic nitrogens is 4.